The quantitative estimate of drug-likeness (QED) is 0.845. The van der Waals surface area contributed by atoms with Gasteiger partial charge in [-0.05, 0) is 30.3 Å². The van der Waals surface area contributed by atoms with Crippen LogP contribution in [-0.2, 0) is 0 Å². The van der Waals surface area contributed by atoms with Crippen molar-refractivity contribution < 1.29 is 9.13 Å². The predicted molar refractivity (Wildman–Crippen MR) is 67.9 cm³/mol. The second-order valence-corrected chi connectivity index (χ2v) is 4.53. The molecule has 0 saturated carbocycles. The van der Waals surface area contributed by atoms with Gasteiger partial charge in [-0.1, -0.05) is 23.9 Å². The lowest BCUT2D eigenvalue weighted by Crippen LogP contribution is -1.89. The first-order valence-electron chi connectivity index (χ1n) is 5.06. The van der Waals surface area contributed by atoms with Gasteiger partial charge >= 0.3 is 0 Å². The average molecular weight is 249 g/mol. The van der Waals surface area contributed by atoms with Crippen LogP contribution in [0.15, 0.2) is 52.3 Å². The molecule has 4 heteroatoms. The number of nitrogen functional groups attached to an aromatic ring is 1. The molecule has 0 aliphatic rings. The maximum atomic E-state index is 13.6. The Bertz CT molecular complexity index is 531. The normalized spacial score (nSPS) is 10.2. The summed E-state index contributed by atoms with van der Waals surface area (Å²) < 4.78 is 18.8. The van der Waals surface area contributed by atoms with Gasteiger partial charge in [-0.2, -0.15) is 0 Å². The van der Waals surface area contributed by atoms with Crippen molar-refractivity contribution in [3.63, 3.8) is 0 Å². The van der Waals surface area contributed by atoms with E-state index in [0.717, 1.165) is 10.6 Å². The maximum Gasteiger partial charge on any atom is 0.139 e. The molecule has 0 amide bonds. The molecular weight excluding hydrogens is 237 g/mol. The van der Waals surface area contributed by atoms with Gasteiger partial charge in [0.15, 0.2) is 0 Å². The molecule has 2 aromatic carbocycles. The lowest BCUT2D eigenvalue weighted by atomic mass is 10.3. The Morgan fingerprint density at radius 1 is 1.12 bits per heavy atom. The highest BCUT2D eigenvalue weighted by molar-refractivity contribution is 7.99. The van der Waals surface area contributed by atoms with Gasteiger partial charge in [0.1, 0.15) is 11.6 Å². The van der Waals surface area contributed by atoms with Gasteiger partial charge in [0.2, 0.25) is 0 Å². The standard InChI is InChI=1S/C13H12FNOS/c1-16-11-4-2-3-5-13(11)17-12-7-6-9(15)8-10(12)14/h2-8H,15H2,1H3. The summed E-state index contributed by atoms with van der Waals surface area (Å²) in [6.45, 7) is 0. The Kier molecular flexibility index (Phi) is 3.54. The van der Waals surface area contributed by atoms with Gasteiger partial charge in [-0.3, -0.25) is 0 Å². The molecule has 0 aromatic heterocycles. The zero-order valence-electron chi connectivity index (χ0n) is 9.31. The summed E-state index contributed by atoms with van der Waals surface area (Å²) in [6, 6.07) is 12.2. The summed E-state index contributed by atoms with van der Waals surface area (Å²) in [6.07, 6.45) is 0. The molecule has 0 aliphatic heterocycles. The number of para-hydroxylation sites is 1. The van der Waals surface area contributed by atoms with Crippen molar-refractivity contribution in [1.82, 2.24) is 0 Å². The van der Waals surface area contributed by atoms with Crippen molar-refractivity contribution in [3.8, 4) is 5.75 Å². The first kappa shape index (κ1) is 11.8. The van der Waals surface area contributed by atoms with Crippen LogP contribution in [0.3, 0.4) is 0 Å². The molecule has 0 unspecified atom stereocenters. The monoisotopic (exact) mass is 249 g/mol. The molecule has 0 saturated heterocycles. The van der Waals surface area contributed by atoms with E-state index < -0.39 is 0 Å². The second kappa shape index (κ2) is 5.10. The van der Waals surface area contributed by atoms with Crippen molar-refractivity contribution in [1.29, 1.82) is 0 Å². The molecule has 2 rings (SSSR count). The van der Waals surface area contributed by atoms with Crippen molar-refractivity contribution >= 4 is 17.4 Å². The average Bonchev–Trinajstić information content (AvgIpc) is 2.33. The van der Waals surface area contributed by atoms with E-state index in [-0.39, 0.29) is 5.82 Å². The highest BCUT2D eigenvalue weighted by Crippen LogP contribution is 2.36. The molecule has 0 fully saturated rings. The van der Waals surface area contributed by atoms with E-state index in [1.807, 2.05) is 24.3 Å². The SMILES string of the molecule is COc1ccccc1Sc1ccc(N)cc1F. The van der Waals surface area contributed by atoms with Gasteiger partial charge in [0.05, 0.1) is 12.0 Å². The van der Waals surface area contributed by atoms with E-state index in [2.05, 4.69) is 0 Å². The Labute approximate surface area is 104 Å². The third kappa shape index (κ3) is 2.71. The maximum absolute atomic E-state index is 13.6. The fourth-order valence-corrected chi connectivity index (χ4v) is 2.35. The molecule has 2 aromatic rings. The summed E-state index contributed by atoms with van der Waals surface area (Å²) in [7, 11) is 1.60. The highest BCUT2D eigenvalue weighted by atomic mass is 32.2. The van der Waals surface area contributed by atoms with Gasteiger partial charge in [-0.15, -0.1) is 0 Å². The molecule has 17 heavy (non-hydrogen) atoms. The Morgan fingerprint density at radius 2 is 1.88 bits per heavy atom. The molecule has 0 bridgehead atoms. The smallest absolute Gasteiger partial charge is 0.139 e. The fraction of sp³-hybridized carbons (Fsp3) is 0.0769. The van der Waals surface area contributed by atoms with Crippen LogP contribution in [0.1, 0.15) is 0 Å². The Hall–Kier alpha value is -1.68. The van der Waals surface area contributed by atoms with Crippen molar-refractivity contribution in [2.24, 2.45) is 0 Å². The van der Waals surface area contributed by atoms with Gasteiger partial charge in [-0.25, -0.2) is 4.39 Å². The van der Waals surface area contributed by atoms with Crippen molar-refractivity contribution in [2.45, 2.75) is 9.79 Å². The van der Waals surface area contributed by atoms with Crippen LogP contribution < -0.4 is 10.5 Å². The lowest BCUT2D eigenvalue weighted by molar-refractivity contribution is 0.405. The third-order valence-electron chi connectivity index (χ3n) is 2.24. The second-order valence-electron chi connectivity index (χ2n) is 3.44. The number of anilines is 1. The largest absolute Gasteiger partial charge is 0.496 e. The number of ether oxygens (including phenoxy) is 1. The molecule has 0 heterocycles. The van der Waals surface area contributed by atoms with Crippen molar-refractivity contribution in [2.75, 3.05) is 12.8 Å². The van der Waals surface area contributed by atoms with Crippen LogP contribution in [0.25, 0.3) is 0 Å². The zero-order valence-corrected chi connectivity index (χ0v) is 10.1. The Balaban J connectivity index is 2.31. The fourth-order valence-electron chi connectivity index (χ4n) is 1.42. The lowest BCUT2D eigenvalue weighted by Gasteiger charge is -2.08. The summed E-state index contributed by atoms with van der Waals surface area (Å²) in [4.78, 5) is 1.40. The third-order valence-corrected chi connectivity index (χ3v) is 3.35. The first-order chi connectivity index (χ1) is 8.20. The molecule has 0 radical (unpaired) electrons. The Morgan fingerprint density at radius 3 is 2.59 bits per heavy atom. The van der Waals surface area contributed by atoms with Crippen LogP contribution in [-0.4, -0.2) is 7.11 Å². The van der Waals surface area contributed by atoms with Crippen LogP contribution in [0, 0.1) is 5.82 Å². The summed E-state index contributed by atoms with van der Waals surface area (Å²) in [5.74, 6) is 0.412. The molecule has 0 aliphatic carbocycles. The topological polar surface area (TPSA) is 35.2 Å². The molecular formula is C13H12FNOS. The zero-order chi connectivity index (χ0) is 12.3. The van der Waals surface area contributed by atoms with Crippen LogP contribution >= 0.6 is 11.8 Å². The minimum Gasteiger partial charge on any atom is -0.496 e. The van der Waals surface area contributed by atoms with E-state index in [0.29, 0.717) is 10.6 Å². The first-order valence-corrected chi connectivity index (χ1v) is 5.88. The van der Waals surface area contributed by atoms with E-state index in [1.165, 1.54) is 17.8 Å². The van der Waals surface area contributed by atoms with E-state index in [1.54, 1.807) is 19.2 Å². The number of hydrogen-bond donors (Lipinski definition) is 1. The number of nitrogens with two attached hydrogens (primary N) is 1. The van der Waals surface area contributed by atoms with Gasteiger partial charge in [0.25, 0.3) is 0 Å². The molecule has 88 valence electrons. The number of benzene rings is 2. The number of hydrogen-bond acceptors (Lipinski definition) is 3. The van der Waals surface area contributed by atoms with E-state index in [4.69, 9.17) is 10.5 Å². The number of halogens is 1. The number of rotatable bonds is 3. The highest BCUT2D eigenvalue weighted by Gasteiger charge is 2.08. The molecule has 0 spiro atoms. The summed E-state index contributed by atoms with van der Waals surface area (Å²) >= 11 is 1.32. The molecule has 0 atom stereocenters. The van der Waals surface area contributed by atoms with E-state index >= 15 is 0 Å². The predicted octanol–water partition coefficient (Wildman–Crippen LogP) is 3.57. The van der Waals surface area contributed by atoms with Crippen molar-refractivity contribution in [3.05, 3.63) is 48.3 Å². The van der Waals surface area contributed by atoms with Crippen LogP contribution in [0.4, 0.5) is 10.1 Å². The van der Waals surface area contributed by atoms with Gasteiger partial charge in [0, 0.05) is 10.6 Å². The van der Waals surface area contributed by atoms with Crippen LogP contribution in [0.2, 0.25) is 0 Å². The minimum atomic E-state index is -0.319. The van der Waals surface area contributed by atoms with Crippen LogP contribution in [0.5, 0.6) is 5.75 Å². The molecule has 2 N–H and O–H groups in total. The summed E-state index contributed by atoms with van der Waals surface area (Å²) in [5, 5.41) is 0. The minimum absolute atomic E-state index is 0.319. The number of methoxy groups -OCH3 is 1. The van der Waals surface area contributed by atoms with E-state index in [9.17, 15) is 4.39 Å². The summed E-state index contributed by atoms with van der Waals surface area (Å²) in [5.41, 5.74) is 5.93. The van der Waals surface area contributed by atoms with Gasteiger partial charge < -0.3 is 10.5 Å². The molecule has 2 nitrogen and oxygen atoms in total.